The van der Waals surface area contributed by atoms with Crippen molar-refractivity contribution < 1.29 is 27.6 Å². The highest BCUT2D eigenvalue weighted by atomic mass is 35.5. The predicted molar refractivity (Wildman–Crippen MR) is 107 cm³/mol. The molecule has 31 heavy (non-hydrogen) atoms. The topological polar surface area (TPSA) is 78.5 Å². The van der Waals surface area contributed by atoms with Crippen LogP contribution in [0.4, 0.5) is 23.7 Å². The monoisotopic (exact) mass is 451 g/mol. The summed E-state index contributed by atoms with van der Waals surface area (Å²) in [6.45, 7) is -0.638. The third kappa shape index (κ3) is 3.97. The molecule has 0 saturated carbocycles. The molecule has 162 valence electrons. The summed E-state index contributed by atoms with van der Waals surface area (Å²) in [4.78, 5) is 38.7. The second-order valence-electron chi connectivity index (χ2n) is 7.59. The number of hydrogen-bond donors (Lipinski definition) is 2. The van der Waals surface area contributed by atoms with Crippen LogP contribution >= 0.6 is 11.6 Å². The van der Waals surface area contributed by atoms with E-state index in [1.807, 2.05) is 24.3 Å². The molecule has 0 bridgehead atoms. The first-order chi connectivity index (χ1) is 14.6. The SMILES string of the molecule is O=C(CN1C(=O)NC2(CCc3ccccc3C2)C1=O)Nc1cc(C(F)(F)F)ccc1Cl. The molecule has 6 nitrogen and oxygen atoms in total. The first-order valence-electron chi connectivity index (χ1n) is 9.46. The van der Waals surface area contributed by atoms with Gasteiger partial charge in [-0.2, -0.15) is 13.2 Å². The third-order valence-corrected chi connectivity index (χ3v) is 5.88. The van der Waals surface area contributed by atoms with Crippen molar-refractivity contribution in [2.75, 3.05) is 11.9 Å². The largest absolute Gasteiger partial charge is 0.416 e. The molecule has 1 unspecified atom stereocenters. The highest BCUT2D eigenvalue weighted by Gasteiger charge is 2.52. The number of urea groups is 1. The van der Waals surface area contributed by atoms with E-state index in [9.17, 15) is 27.6 Å². The van der Waals surface area contributed by atoms with Gasteiger partial charge in [0.05, 0.1) is 16.3 Å². The van der Waals surface area contributed by atoms with Gasteiger partial charge in [-0.1, -0.05) is 35.9 Å². The average Bonchev–Trinajstić information content (AvgIpc) is 2.92. The highest BCUT2D eigenvalue weighted by Crippen LogP contribution is 2.35. The number of rotatable bonds is 3. The molecule has 4 amide bonds. The molecule has 2 aliphatic rings. The molecule has 4 rings (SSSR count). The van der Waals surface area contributed by atoms with E-state index in [2.05, 4.69) is 10.6 Å². The quantitative estimate of drug-likeness (QED) is 0.697. The van der Waals surface area contributed by atoms with Crippen molar-refractivity contribution in [3.63, 3.8) is 0 Å². The number of anilines is 1. The van der Waals surface area contributed by atoms with Crippen LogP contribution in [0, 0.1) is 0 Å². The second kappa shape index (κ2) is 7.56. The van der Waals surface area contributed by atoms with Crippen LogP contribution in [-0.2, 0) is 28.6 Å². The molecule has 1 atom stereocenters. The van der Waals surface area contributed by atoms with Gasteiger partial charge in [-0.05, 0) is 42.2 Å². The Bertz CT molecular complexity index is 1090. The number of benzene rings is 2. The summed E-state index contributed by atoms with van der Waals surface area (Å²) in [7, 11) is 0. The number of imide groups is 1. The molecule has 1 aliphatic heterocycles. The summed E-state index contributed by atoms with van der Waals surface area (Å²) in [5.74, 6) is -1.37. The predicted octanol–water partition coefficient (Wildman–Crippen LogP) is 3.78. The second-order valence-corrected chi connectivity index (χ2v) is 8.00. The van der Waals surface area contributed by atoms with Crippen LogP contribution in [-0.4, -0.2) is 34.8 Å². The number of hydrogen-bond acceptors (Lipinski definition) is 3. The molecule has 1 saturated heterocycles. The number of nitrogens with one attached hydrogen (secondary N) is 2. The molecular weight excluding hydrogens is 435 g/mol. The normalized spacial score (nSPS) is 20.6. The van der Waals surface area contributed by atoms with Gasteiger partial charge >= 0.3 is 12.2 Å². The molecule has 10 heteroatoms. The minimum Gasteiger partial charge on any atom is -0.323 e. The lowest BCUT2D eigenvalue weighted by molar-refractivity contribution is -0.137. The number of carbonyl (C=O) groups excluding carboxylic acids is 3. The number of amides is 4. The lowest BCUT2D eigenvalue weighted by Gasteiger charge is -2.32. The lowest BCUT2D eigenvalue weighted by atomic mass is 9.78. The van der Waals surface area contributed by atoms with Gasteiger partial charge in [0.1, 0.15) is 12.1 Å². The van der Waals surface area contributed by atoms with Crippen molar-refractivity contribution in [2.45, 2.75) is 31.0 Å². The summed E-state index contributed by atoms with van der Waals surface area (Å²) >= 11 is 5.89. The van der Waals surface area contributed by atoms with E-state index in [-0.39, 0.29) is 10.7 Å². The molecule has 1 heterocycles. The number of fused-ring (bicyclic) bond motifs is 1. The van der Waals surface area contributed by atoms with E-state index < -0.39 is 41.7 Å². The maximum absolute atomic E-state index is 13.0. The van der Waals surface area contributed by atoms with Gasteiger partial charge in [0.25, 0.3) is 5.91 Å². The van der Waals surface area contributed by atoms with Crippen LogP contribution in [0.15, 0.2) is 42.5 Å². The number of nitrogens with zero attached hydrogens (tertiary/aromatic N) is 1. The standard InChI is InChI=1S/C21H17ClF3N3O3/c22-15-6-5-14(21(23,24)25)9-16(15)26-17(29)11-28-18(30)20(27-19(28)31)8-7-12-3-1-2-4-13(12)10-20/h1-6,9H,7-8,10-11H2,(H,26,29)(H,27,31). The zero-order valence-corrected chi connectivity index (χ0v) is 16.8. The summed E-state index contributed by atoms with van der Waals surface area (Å²) in [6, 6.07) is 9.40. The Balaban J connectivity index is 1.49. The fourth-order valence-electron chi connectivity index (χ4n) is 3.98. The molecular formula is C21H17ClF3N3O3. The fourth-order valence-corrected chi connectivity index (χ4v) is 4.14. The van der Waals surface area contributed by atoms with Gasteiger partial charge in [0.15, 0.2) is 0 Å². The van der Waals surface area contributed by atoms with Crippen LogP contribution in [0.3, 0.4) is 0 Å². The van der Waals surface area contributed by atoms with Gasteiger partial charge < -0.3 is 10.6 Å². The number of aryl methyl sites for hydroxylation is 1. The number of alkyl halides is 3. The maximum atomic E-state index is 13.0. The Kier molecular flexibility index (Phi) is 5.17. The van der Waals surface area contributed by atoms with E-state index >= 15 is 0 Å². The van der Waals surface area contributed by atoms with Crippen molar-refractivity contribution in [1.29, 1.82) is 0 Å². The summed E-state index contributed by atoms with van der Waals surface area (Å²) < 4.78 is 38.7. The van der Waals surface area contributed by atoms with Gasteiger partial charge in [0, 0.05) is 6.42 Å². The molecule has 2 N–H and O–H groups in total. The van der Waals surface area contributed by atoms with Crippen molar-refractivity contribution in [3.05, 3.63) is 64.2 Å². The van der Waals surface area contributed by atoms with Crippen molar-refractivity contribution in [1.82, 2.24) is 10.2 Å². The van der Waals surface area contributed by atoms with Crippen LogP contribution in [0.25, 0.3) is 0 Å². The van der Waals surface area contributed by atoms with Crippen LogP contribution in [0.5, 0.6) is 0 Å². The molecule has 1 fully saturated rings. The molecule has 1 spiro atoms. The minimum absolute atomic E-state index is 0.0982. The van der Waals surface area contributed by atoms with E-state index in [0.29, 0.717) is 25.3 Å². The lowest BCUT2D eigenvalue weighted by Crippen LogP contribution is -2.51. The minimum atomic E-state index is -4.61. The Morgan fingerprint density at radius 2 is 1.87 bits per heavy atom. The first kappa shape index (κ1) is 21.2. The van der Waals surface area contributed by atoms with Gasteiger partial charge in [-0.3, -0.25) is 14.5 Å². The summed E-state index contributed by atoms with van der Waals surface area (Å²) in [5, 5.41) is 4.86. The van der Waals surface area contributed by atoms with Crippen molar-refractivity contribution in [2.24, 2.45) is 0 Å². The number of halogens is 4. The maximum Gasteiger partial charge on any atom is 0.416 e. The summed E-state index contributed by atoms with van der Waals surface area (Å²) in [6.07, 6.45) is -3.31. The average molecular weight is 452 g/mol. The molecule has 2 aromatic carbocycles. The zero-order chi connectivity index (χ0) is 22.4. The smallest absolute Gasteiger partial charge is 0.323 e. The summed E-state index contributed by atoms with van der Waals surface area (Å²) in [5.41, 5.74) is -0.314. The molecule has 0 aromatic heterocycles. The van der Waals surface area contributed by atoms with Crippen LogP contribution in [0.1, 0.15) is 23.1 Å². The molecule has 1 aliphatic carbocycles. The molecule has 2 aromatic rings. The zero-order valence-electron chi connectivity index (χ0n) is 16.1. The van der Waals surface area contributed by atoms with E-state index in [0.717, 1.165) is 28.2 Å². The Labute approximate surface area is 180 Å². The van der Waals surface area contributed by atoms with Crippen molar-refractivity contribution >= 4 is 35.1 Å². The van der Waals surface area contributed by atoms with E-state index in [4.69, 9.17) is 11.6 Å². The highest BCUT2D eigenvalue weighted by molar-refractivity contribution is 6.33. The van der Waals surface area contributed by atoms with Crippen LogP contribution in [0.2, 0.25) is 5.02 Å². The number of carbonyl (C=O) groups is 3. The van der Waals surface area contributed by atoms with Crippen LogP contribution < -0.4 is 10.6 Å². The van der Waals surface area contributed by atoms with E-state index in [1.165, 1.54) is 0 Å². The van der Waals surface area contributed by atoms with Gasteiger partial charge in [-0.15, -0.1) is 0 Å². The van der Waals surface area contributed by atoms with E-state index in [1.54, 1.807) is 0 Å². The first-order valence-corrected chi connectivity index (χ1v) is 9.84. The molecule has 0 radical (unpaired) electrons. The Hall–Kier alpha value is -3.07. The van der Waals surface area contributed by atoms with Crippen molar-refractivity contribution in [3.8, 4) is 0 Å². The Morgan fingerprint density at radius 1 is 1.16 bits per heavy atom. The fraction of sp³-hybridized carbons (Fsp3) is 0.286. The third-order valence-electron chi connectivity index (χ3n) is 5.55. The Morgan fingerprint density at radius 3 is 2.58 bits per heavy atom. The van der Waals surface area contributed by atoms with Gasteiger partial charge in [0.2, 0.25) is 5.91 Å². The van der Waals surface area contributed by atoms with Gasteiger partial charge in [-0.25, -0.2) is 4.79 Å².